The SMILES string of the molecule is CC1CCC(C(C)C)c2cc(O)ccc21. The highest BCUT2D eigenvalue weighted by atomic mass is 16.3. The van der Waals surface area contributed by atoms with E-state index in [1.54, 1.807) is 0 Å². The van der Waals surface area contributed by atoms with Gasteiger partial charge in [0.25, 0.3) is 0 Å². The Kier molecular flexibility index (Phi) is 2.72. The number of rotatable bonds is 1. The first kappa shape index (κ1) is 10.5. The van der Waals surface area contributed by atoms with Crippen LogP contribution in [0.2, 0.25) is 0 Å². The fourth-order valence-electron chi connectivity index (χ4n) is 2.77. The van der Waals surface area contributed by atoms with Gasteiger partial charge in [0.1, 0.15) is 5.75 Å². The lowest BCUT2D eigenvalue weighted by Crippen LogP contribution is -2.16. The number of benzene rings is 1. The molecule has 1 nitrogen and oxygen atoms in total. The van der Waals surface area contributed by atoms with Crippen LogP contribution in [0.3, 0.4) is 0 Å². The fourth-order valence-corrected chi connectivity index (χ4v) is 2.77. The molecule has 1 aliphatic rings. The average Bonchev–Trinajstić information content (AvgIpc) is 2.17. The van der Waals surface area contributed by atoms with Gasteiger partial charge in [-0.25, -0.2) is 0 Å². The zero-order chi connectivity index (χ0) is 11.0. The summed E-state index contributed by atoms with van der Waals surface area (Å²) in [6.45, 7) is 6.83. The van der Waals surface area contributed by atoms with Gasteiger partial charge in [0.15, 0.2) is 0 Å². The first-order valence-corrected chi connectivity index (χ1v) is 5.92. The third kappa shape index (κ3) is 1.88. The highest BCUT2D eigenvalue weighted by Crippen LogP contribution is 2.43. The molecule has 0 saturated heterocycles. The van der Waals surface area contributed by atoms with Gasteiger partial charge in [0.05, 0.1) is 0 Å². The van der Waals surface area contributed by atoms with Crippen LogP contribution < -0.4 is 0 Å². The van der Waals surface area contributed by atoms with E-state index in [1.807, 2.05) is 12.1 Å². The van der Waals surface area contributed by atoms with E-state index in [0.29, 0.717) is 23.5 Å². The van der Waals surface area contributed by atoms with Crippen LogP contribution in [0, 0.1) is 5.92 Å². The predicted molar refractivity (Wildman–Crippen MR) is 63.3 cm³/mol. The second kappa shape index (κ2) is 3.88. The van der Waals surface area contributed by atoms with Gasteiger partial charge in [-0.2, -0.15) is 0 Å². The number of aromatic hydroxyl groups is 1. The molecule has 2 unspecified atom stereocenters. The predicted octanol–water partition coefficient (Wildman–Crippen LogP) is 4.03. The molecule has 1 aromatic rings. The highest BCUT2D eigenvalue weighted by Gasteiger charge is 2.26. The Labute approximate surface area is 92.1 Å². The Hall–Kier alpha value is -0.980. The van der Waals surface area contributed by atoms with Crippen molar-refractivity contribution in [2.45, 2.75) is 45.4 Å². The monoisotopic (exact) mass is 204 g/mol. The van der Waals surface area contributed by atoms with E-state index in [1.165, 1.54) is 24.0 Å². The fraction of sp³-hybridized carbons (Fsp3) is 0.571. The number of phenols is 1. The maximum Gasteiger partial charge on any atom is 0.115 e. The van der Waals surface area contributed by atoms with Gasteiger partial charge in [-0.05, 0) is 53.9 Å². The Morgan fingerprint density at radius 1 is 1.20 bits per heavy atom. The van der Waals surface area contributed by atoms with Crippen molar-refractivity contribution in [3.8, 4) is 5.75 Å². The van der Waals surface area contributed by atoms with Crippen LogP contribution in [0.4, 0.5) is 0 Å². The zero-order valence-electron chi connectivity index (χ0n) is 9.83. The van der Waals surface area contributed by atoms with E-state index in [2.05, 4.69) is 26.8 Å². The highest BCUT2D eigenvalue weighted by molar-refractivity contribution is 5.41. The molecule has 0 saturated carbocycles. The van der Waals surface area contributed by atoms with E-state index < -0.39 is 0 Å². The molecule has 1 aromatic carbocycles. The van der Waals surface area contributed by atoms with Crippen LogP contribution in [0.15, 0.2) is 18.2 Å². The first-order chi connectivity index (χ1) is 7.09. The average molecular weight is 204 g/mol. The van der Waals surface area contributed by atoms with Gasteiger partial charge in [-0.15, -0.1) is 0 Å². The summed E-state index contributed by atoms with van der Waals surface area (Å²) in [5, 5.41) is 9.57. The summed E-state index contributed by atoms with van der Waals surface area (Å²) in [5.41, 5.74) is 2.82. The number of hydrogen-bond acceptors (Lipinski definition) is 1. The molecule has 1 aliphatic carbocycles. The molecule has 0 aromatic heterocycles. The second-order valence-electron chi connectivity index (χ2n) is 5.14. The molecule has 2 atom stereocenters. The van der Waals surface area contributed by atoms with E-state index in [9.17, 15) is 5.11 Å². The van der Waals surface area contributed by atoms with Crippen molar-refractivity contribution in [3.63, 3.8) is 0 Å². The number of fused-ring (bicyclic) bond motifs is 1. The van der Waals surface area contributed by atoms with Gasteiger partial charge < -0.3 is 5.11 Å². The Morgan fingerprint density at radius 2 is 1.93 bits per heavy atom. The van der Waals surface area contributed by atoms with Crippen LogP contribution in [0.1, 0.15) is 56.6 Å². The summed E-state index contributed by atoms with van der Waals surface area (Å²) in [4.78, 5) is 0. The lowest BCUT2D eigenvalue weighted by molar-refractivity contribution is 0.405. The molecule has 0 heterocycles. The van der Waals surface area contributed by atoms with E-state index in [-0.39, 0.29) is 0 Å². The van der Waals surface area contributed by atoms with Crippen molar-refractivity contribution >= 4 is 0 Å². The lowest BCUT2D eigenvalue weighted by atomic mass is 9.73. The minimum Gasteiger partial charge on any atom is -0.508 e. The van der Waals surface area contributed by atoms with Crippen molar-refractivity contribution in [2.24, 2.45) is 5.92 Å². The van der Waals surface area contributed by atoms with Crippen molar-refractivity contribution in [3.05, 3.63) is 29.3 Å². The van der Waals surface area contributed by atoms with Crippen LogP contribution in [0.5, 0.6) is 5.75 Å². The Morgan fingerprint density at radius 3 is 2.60 bits per heavy atom. The standard InChI is InChI=1S/C14H20O/c1-9(2)12-6-4-10(3)13-7-5-11(15)8-14(12)13/h5,7-10,12,15H,4,6H2,1-3H3. The number of phenolic OH excluding ortho intramolecular Hbond substituents is 1. The van der Waals surface area contributed by atoms with Crippen LogP contribution in [0.25, 0.3) is 0 Å². The molecule has 82 valence electrons. The maximum absolute atomic E-state index is 9.57. The second-order valence-corrected chi connectivity index (χ2v) is 5.14. The van der Waals surface area contributed by atoms with Gasteiger partial charge in [0.2, 0.25) is 0 Å². The zero-order valence-corrected chi connectivity index (χ0v) is 9.83. The van der Waals surface area contributed by atoms with Gasteiger partial charge in [0, 0.05) is 0 Å². The van der Waals surface area contributed by atoms with E-state index in [4.69, 9.17) is 0 Å². The molecule has 1 N–H and O–H groups in total. The van der Waals surface area contributed by atoms with Crippen molar-refractivity contribution < 1.29 is 5.11 Å². The van der Waals surface area contributed by atoms with E-state index >= 15 is 0 Å². The summed E-state index contributed by atoms with van der Waals surface area (Å²) >= 11 is 0. The molecule has 2 rings (SSSR count). The summed E-state index contributed by atoms with van der Waals surface area (Å²) < 4.78 is 0. The van der Waals surface area contributed by atoms with Crippen molar-refractivity contribution in [2.75, 3.05) is 0 Å². The smallest absolute Gasteiger partial charge is 0.115 e. The van der Waals surface area contributed by atoms with Crippen LogP contribution in [-0.2, 0) is 0 Å². The molecule has 0 radical (unpaired) electrons. The minimum atomic E-state index is 0.411. The Bertz CT molecular complexity index is 354. The van der Waals surface area contributed by atoms with Crippen LogP contribution in [-0.4, -0.2) is 5.11 Å². The molecule has 0 bridgehead atoms. The summed E-state index contributed by atoms with van der Waals surface area (Å²) in [5.74, 6) is 2.35. The molecular weight excluding hydrogens is 184 g/mol. The molecule has 1 heteroatoms. The molecule has 0 amide bonds. The van der Waals surface area contributed by atoms with Gasteiger partial charge in [-0.3, -0.25) is 0 Å². The summed E-state index contributed by atoms with van der Waals surface area (Å²) in [7, 11) is 0. The van der Waals surface area contributed by atoms with Crippen molar-refractivity contribution in [1.29, 1.82) is 0 Å². The molecular formula is C14H20O. The third-order valence-corrected chi connectivity index (χ3v) is 3.72. The number of hydrogen-bond donors (Lipinski definition) is 1. The quantitative estimate of drug-likeness (QED) is 0.732. The van der Waals surface area contributed by atoms with E-state index in [0.717, 1.165) is 0 Å². The minimum absolute atomic E-state index is 0.411. The third-order valence-electron chi connectivity index (χ3n) is 3.72. The largest absolute Gasteiger partial charge is 0.508 e. The summed E-state index contributed by atoms with van der Waals surface area (Å²) in [6, 6.07) is 5.89. The normalized spacial score (nSPS) is 25.3. The van der Waals surface area contributed by atoms with Gasteiger partial charge in [-0.1, -0.05) is 26.8 Å². The topological polar surface area (TPSA) is 20.2 Å². The molecule has 0 spiro atoms. The lowest BCUT2D eigenvalue weighted by Gasteiger charge is -2.32. The molecule has 15 heavy (non-hydrogen) atoms. The van der Waals surface area contributed by atoms with Crippen LogP contribution >= 0.6 is 0 Å². The summed E-state index contributed by atoms with van der Waals surface area (Å²) in [6.07, 6.45) is 2.54. The molecule has 0 aliphatic heterocycles. The van der Waals surface area contributed by atoms with Crippen molar-refractivity contribution in [1.82, 2.24) is 0 Å². The molecule has 0 fully saturated rings. The first-order valence-electron chi connectivity index (χ1n) is 5.92. The van der Waals surface area contributed by atoms with Gasteiger partial charge >= 0.3 is 0 Å². The Balaban J connectivity index is 2.46. The maximum atomic E-state index is 9.57.